The number of hydrogen-bond donors (Lipinski definition) is 1. The molecule has 6 heteroatoms. The number of anilines is 1. The van der Waals surface area contributed by atoms with E-state index < -0.39 is 0 Å². The number of benzene rings is 2. The van der Waals surface area contributed by atoms with E-state index in [9.17, 15) is 0 Å². The fourth-order valence-electron chi connectivity index (χ4n) is 3.30. The van der Waals surface area contributed by atoms with Crippen molar-refractivity contribution in [2.45, 2.75) is 12.6 Å². The van der Waals surface area contributed by atoms with Crippen LogP contribution in [0.5, 0.6) is 11.8 Å². The lowest BCUT2D eigenvalue weighted by atomic mass is 10.1. The van der Waals surface area contributed by atoms with Crippen LogP contribution in [0.1, 0.15) is 0 Å². The molecule has 0 fully saturated rings. The summed E-state index contributed by atoms with van der Waals surface area (Å²) in [6, 6.07) is 20.3. The summed E-state index contributed by atoms with van der Waals surface area (Å²) in [6.07, 6.45) is 1.66. The van der Waals surface area contributed by atoms with Crippen molar-refractivity contribution < 1.29 is 9.47 Å². The molecule has 1 atom stereocenters. The summed E-state index contributed by atoms with van der Waals surface area (Å²) in [5.41, 5.74) is 10.4. The van der Waals surface area contributed by atoms with Crippen LogP contribution in [0, 0.1) is 0 Å². The minimum Gasteiger partial charge on any atom is -0.488 e. The van der Waals surface area contributed by atoms with Crippen LogP contribution in [-0.2, 0) is 6.54 Å². The quantitative estimate of drug-likeness (QED) is 0.565. The highest BCUT2D eigenvalue weighted by molar-refractivity contribution is 5.80. The Balaban J connectivity index is 1.24. The Kier molecular flexibility index (Phi) is 3.67. The van der Waals surface area contributed by atoms with Crippen molar-refractivity contribution in [1.29, 1.82) is 0 Å². The van der Waals surface area contributed by atoms with Gasteiger partial charge < -0.3 is 15.2 Å². The highest BCUT2D eigenvalue weighted by Gasteiger charge is 2.27. The number of imidazole rings is 1. The second kappa shape index (κ2) is 6.32. The van der Waals surface area contributed by atoms with Gasteiger partial charge in [0.05, 0.1) is 29.5 Å². The van der Waals surface area contributed by atoms with Gasteiger partial charge in [0.2, 0.25) is 0 Å². The third-order valence-electron chi connectivity index (χ3n) is 4.64. The molecule has 0 spiro atoms. The van der Waals surface area contributed by atoms with Gasteiger partial charge in [0.15, 0.2) is 6.10 Å². The van der Waals surface area contributed by atoms with Gasteiger partial charge in [-0.25, -0.2) is 0 Å². The number of rotatable bonds is 4. The van der Waals surface area contributed by atoms with Crippen LogP contribution in [0.25, 0.3) is 22.3 Å². The summed E-state index contributed by atoms with van der Waals surface area (Å²) >= 11 is 0. The first kappa shape index (κ1) is 15.7. The maximum atomic E-state index is 5.91. The molecule has 0 saturated carbocycles. The van der Waals surface area contributed by atoms with Gasteiger partial charge >= 0.3 is 0 Å². The van der Waals surface area contributed by atoms with Gasteiger partial charge in [-0.2, -0.15) is 4.98 Å². The molecule has 4 aromatic rings. The molecule has 3 heterocycles. The standard InChI is InChI=1S/C21H18N4O2/c22-15-6-9-20-19(10-15)24-21-25(20)12-17(27-21)13-26-16-7-8-18(23-11-16)14-4-2-1-3-5-14/h1-11,17H,12-13,22H2/t17-/m0/s1. The van der Waals surface area contributed by atoms with Gasteiger partial charge in [0, 0.05) is 11.3 Å². The van der Waals surface area contributed by atoms with Crippen LogP contribution < -0.4 is 15.2 Å². The summed E-state index contributed by atoms with van der Waals surface area (Å²) < 4.78 is 13.8. The zero-order chi connectivity index (χ0) is 18.2. The number of nitrogens with two attached hydrogens (primary N) is 1. The number of hydrogen-bond acceptors (Lipinski definition) is 5. The number of nitrogen functional groups attached to an aromatic ring is 1. The third kappa shape index (κ3) is 2.95. The second-order valence-corrected chi connectivity index (χ2v) is 6.55. The zero-order valence-electron chi connectivity index (χ0n) is 14.6. The van der Waals surface area contributed by atoms with Crippen LogP contribution in [0.2, 0.25) is 0 Å². The Morgan fingerprint density at radius 1 is 1.11 bits per heavy atom. The molecule has 0 radical (unpaired) electrons. The van der Waals surface area contributed by atoms with Crippen molar-refractivity contribution in [3.63, 3.8) is 0 Å². The molecule has 134 valence electrons. The SMILES string of the molecule is Nc1ccc2c(c1)nc1n2C[C@@H](COc2ccc(-c3ccccc3)nc2)O1. The van der Waals surface area contributed by atoms with Gasteiger partial charge in [0.1, 0.15) is 12.4 Å². The molecule has 6 nitrogen and oxygen atoms in total. The summed E-state index contributed by atoms with van der Waals surface area (Å²) in [4.78, 5) is 8.97. The Bertz CT molecular complexity index is 1090. The van der Waals surface area contributed by atoms with Crippen molar-refractivity contribution in [2.75, 3.05) is 12.3 Å². The van der Waals surface area contributed by atoms with E-state index in [1.165, 1.54) is 0 Å². The van der Waals surface area contributed by atoms with E-state index in [2.05, 4.69) is 14.5 Å². The van der Waals surface area contributed by atoms with Crippen molar-refractivity contribution in [1.82, 2.24) is 14.5 Å². The number of nitrogens with zero attached hydrogens (tertiary/aromatic N) is 3. The molecular formula is C21H18N4O2. The lowest BCUT2D eigenvalue weighted by Crippen LogP contribution is -2.23. The smallest absolute Gasteiger partial charge is 0.297 e. The van der Waals surface area contributed by atoms with Gasteiger partial charge in [0.25, 0.3) is 6.01 Å². The van der Waals surface area contributed by atoms with E-state index in [1.54, 1.807) is 6.20 Å². The van der Waals surface area contributed by atoms with E-state index in [4.69, 9.17) is 15.2 Å². The van der Waals surface area contributed by atoms with Crippen molar-refractivity contribution >= 4 is 16.7 Å². The fraction of sp³-hybridized carbons (Fsp3) is 0.143. The molecule has 1 aliphatic rings. The van der Waals surface area contributed by atoms with Crippen LogP contribution in [-0.4, -0.2) is 27.2 Å². The number of ether oxygens (including phenoxy) is 2. The van der Waals surface area contributed by atoms with Crippen molar-refractivity contribution in [3.8, 4) is 23.0 Å². The van der Waals surface area contributed by atoms with Gasteiger partial charge in [-0.15, -0.1) is 0 Å². The average Bonchev–Trinajstić information content (AvgIpc) is 3.24. The Labute approximate surface area is 156 Å². The number of aromatic nitrogens is 3. The summed E-state index contributed by atoms with van der Waals surface area (Å²) in [7, 11) is 0. The molecule has 0 saturated heterocycles. The van der Waals surface area contributed by atoms with Crippen LogP contribution in [0.3, 0.4) is 0 Å². The van der Waals surface area contributed by atoms with Crippen LogP contribution in [0.15, 0.2) is 66.9 Å². The highest BCUT2D eigenvalue weighted by atomic mass is 16.6. The molecule has 0 bridgehead atoms. The van der Waals surface area contributed by atoms with Crippen molar-refractivity contribution in [3.05, 3.63) is 66.9 Å². The fourth-order valence-corrected chi connectivity index (χ4v) is 3.30. The van der Waals surface area contributed by atoms with Gasteiger partial charge in [-0.1, -0.05) is 30.3 Å². The molecule has 0 aliphatic carbocycles. The van der Waals surface area contributed by atoms with E-state index in [1.807, 2.05) is 60.7 Å². The first-order chi connectivity index (χ1) is 13.3. The normalized spacial score (nSPS) is 15.5. The first-order valence-electron chi connectivity index (χ1n) is 8.83. The van der Waals surface area contributed by atoms with E-state index in [0.717, 1.165) is 28.0 Å². The number of fused-ring (bicyclic) bond motifs is 3. The minimum atomic E-state index is -0.0803. The maximum Gasteiger partial charge on any atom is 0.297 e. The maximum absolute atomic E-state index is 5.91. The second-order valence-electron chi connectivity index (χ2n) is 6.55. The van der Waals surface area contributed by atoms with Crippen LogP contribution >= 0.6 is 0 Å². The summed E-state index contributed by atoms with van der Waals surface area (Å²) in [5, 5.41) is 0. The Morgan fingerprint density at radius 3 is 2.81 bits per heavy atom. The molecular weight excluding hydrogens is 340 g/mol. The Hall–Kier alpha value is -3.54. The molecule has 2 N–H and O–H groups in total. The molecule has 0 amide bonds. The topological polar surface area (TPSA) is 75.2 Å². The minimum absolute atomic E-state index is 0.0803. The predicted molar refractivity (Wildman–Crippen MR) is 104 cm³/mol. The lowest BCUT2D eigenvalue weighted by Gasteiger charge is -2.11. The zero-order valence-corrected chi connectivity index (χ0v) is 14.6. The van der Waals surface area contributed by atoms with Crippen LogP contribution in [0.4, 0.5) is 5.69 Å². The molecule has 2 aromatic heterocycles. The average molecular weight is 358 g/mol. The number of pyridine rings is 1. The monoisotopic (exact) mass is 358 g/mol. The van der Waals surface area contributed by atoms with E-state index in [-0.39, 0.29) is 6.10 Å². The summed E-state index contributed by atoms with van der Waals surface area (Å²) in [6.45, 7) is 1.14. The molecule has 27 heavy (non-hydrogen) atoms. The molecule has 2 aromatic carbocycles. The summed E-state index contributed by atoms with van der Waals surface area (Å²) in [5.74, 6) is 0.723. The van der Waals surface area contributed by atoms with Crippen molar-refractivity contribution in [2.24, 2.45) is 0 Å². The highest BCUT2D eigenvalue weighted by Crippen LogP contribution is 2.29. The van der Waals surface area contributed by atoms with Gasteiger partial charge in [-0.05, 0) is 30.3 Å². The third-order valence-corrected chi connectivity index (χ3v) is 4.64. The first-order valence-corrected chi connectivity index (χ1v) is 8.83. The molecule has 1 aliphatic heterocycles. The largest absolute Gasteiger partial charge is 0.488 e. The van der Waals surface area contributed by atoms with E-state index >= 15 is 0 Å². The molecule has 5 rings (SSSR count). The lowest BCUT2D eigenvalue weighted by molar-refractivity contribution is 0.143. The van der Waals surface area contributed by atoms with E-state index in [0.29, 0.717) is 24.8 Å². The van der Waals surface area contributed by atoms with Gasteiger partial charge in [-0.3, -0.25) is 9.55 Å². The molecule has 0 unspecified atom stereocenters. The Morgan fingerprint density at radius 2 is 2.00 bits per heavy atom. The predicted octanol–water partition coefficient (Wildman–Crippen LogP) is 3.52.